The molecule has 322 valence electrons. The number of halogens is 3. The second-order valence-corrected chi connectivity index (χ2v) is 18.6. The topological polar surface area (TPSA) is 124 Å². The lowest BCUT2D eigenvalue weighted by Gasteiger charge is -2.32. The molecule has 0 spiro atoms. The zero-order valence-corrected chi connectivity index (χ0v) is 36.7. The minimum atomic E-state index is -0.632. The third-order valence-corrected chi connectivity index (χ3v) is 14.6. The van der Waals surface area contributed by atoms with E-state index in [2.05, 4.69) is 20.1 Å². The van der Waals surface area contributed by atoms with E-state index in [1.165, 1.54) is 6.08 Å². The van der Waals surface area contributed by atoms with Crippen LogP contribution in [-0.2, 0) is 42.6 Å². The molecule has 14 heteroatoms. The number of hydrogen-bond donors (Lipinski definition) is 2. The van der Waals surface area contributed by atoms with Crippen molar-refractivity contribution in [2.45, 2.75) is 83.7 Å². The van der Waals surface area contributed by atoms with Gasteiger partial charge in [0.15, 0.2) is 5.82 Å². The summed E-state index contributed by atoms with van der Waals surface area (Å²) in [4.78, 5) is 53.3. The van der Waals surface area contributed by atoms with Crippen molar-refractivity contribution in [2.75, 3.05) is 45.6 Å². The molecule has 0 atom stereocenters. The van der Waals surface area contributed by atoms with Crippen LogP contribution in [0, 0.1) is 10.8 Å². The molecule has 2 N–H and O–H groups in total. The van der Waals surface area contributed by atoms with Gasteiger partial charge in [-0.3, -0.25) is 29.2 Å². The molecule has 2 amide bonds. The molecule has 0 radical (unpaired) electrons. The van der Waals surface area contributed by atoms with Crippen molar-refractivity contribution in [1.29, 1.82) is 0 Å². The van der Waals surface area contributed by atoms with E-state index in [0.29, 0.717) is 51.2 Å². The summed E-state index contributed by atoms with van der Waals surface area (Å²) < 4.78 is 17.7. The Morgan fingerprint density at radius 1 is 0.934 bits per heavy atom. The molecule has 2 aliphatic carbocycles. The summed E-state index contributed by atoms with van der Waals surface area (Å²) in [5.74, 6) is -1.08. The number of imidazole rings is 1. The summed E-state index contributed by atoms with van der Waals surface area (Å²) in [5.41, 5.74) is 5.96. The van der Waals surface area contributed by atoms with Gasteiger partial charge in [-0.25, -0.2) is 9.37 Å². The van der Waals surface area contributed by atoms with Crippen LogP contribution >= 0.6 is 23.2 Å². The van der Waals surface area contributed by atoms with Gasteiger partial charge >= 0.3 is 5.97 Å². The molecule has 4 heterocycles. The number of pyridine rings is 1. The van der Waals surface area contributed by atoms with Crippen LogP contribution < -0.4 is 5.32 Å². The van der Waals surface area contributed by atoms with Crippen molar-refractivity contribution in [1.82, 2.24) is 29.2 Å². The van der Waals surface area contributed by atoms with E-state index in [1.807, 2.05) is 29.8 Å². The lowest BCUT2D eigenvalue weighted by atomic mass is 9.80. The van der Waals surface area contributed by atoms with Crippen molar-refractivity contribution in [3.05, 3.63) is 98.3 Å². The molecule has 2 aromatic heterocycles. The maximum absolute atomic E-state index is 15.9. The molecule has 61 heavy (non-hydrogen) atoms. The number of benzene rings is 2. The molecule has 2 fully saturated rings. The van der Waals surface area contributed by atoms with E-state index in [4.69, 9.17) is 28.2 Å². The maximum Gasteiger partial charge on any atom is 0.309 e. The average Bonchev–Trinajstić information content (AvgIpc) is 3.94. The number of unbranched alkanes of at least 4 members (excludes halogenated alkanes) is 1. The molecule has 0 unspecified atom stereocenters. The Balaban J connectivity index is 0.906. The van der Waals surface area contributed by atoms with E-state index >= 15 is 4.39 Å². The Morgan fingerprint density at radius 2 is 1.66 bits per heavy atom. The van der Waals surface area contributed by atoms with Gasteiger partial charge in [0.25, 0.3) is 5.91 Å². The van der Waals surface area contributed by atoms with E-state index in [-0.39, 0.29) is 22.9 Å². The summed E-state index contributed by atoms with van der Waals surface area (Å²) in [6.07, 6.45) is 12.4. The first-order valence-electron chi connectivity index (χ1n) is 21.4. The Morgan fingerprint density at radius 3 is 2.39 bits per heavy atom. The number of fused-ring (bicyclic) bond motifs is 4. The monoisotopic (exact) mass is 869 g/mol. The number of amides is 2. The number of carboxylic acids is 1. The highest BCUT2D eigenvalue weighted by atomic mass is 35.5. The number of carboxylic acid groups (broad SMARTS) is 1. The molecule has 8 rings (SSSR count). The number of anilines is 1. The number of nitrogens with one attached hydrogen (secondary N) is 1. The molecule has 2 bridgehead atoms. The molecule has 11 nitrogen and oxygen atoms in total. The van der Waals surface area contributed by atoms with Crippen molar-refractivity contribution in [2.24, 2.45) is 17.9 Å². The normalized spacial score (nSPS) is 21.3. The van der Waals surface area contributed by atoms with E-state index in [1.54, 1.807) is 49.5 Å². The molecular formula is C47H54Cl2FN7O4. The largest absolute Gasteiger partial charge is 0.481 e. The summed E-state index contributed by atoms with van der Waals surface area (Å²) in [6.45, 7) is 4.89. The molecule has 4 aliphatic rings. The fraction of sp³-hybridized carbons (Fsp3) is 0.468. The fourth-order valence-corrected chi connectivity index (χ4v) is 10.6. The third-order valence-electron chi connectivity index (χ3n) is 13.8. The number of carbonyl (C=O) groups is 3. The minimum absolute atomic E-state index is 0.127. The van der Waals surface area contributed by atoms with Crippen LogP contribution in [0.1, 0.15) is 102 Å². The summed E-state index contributed by atoms with van der Waals surface area (Å²) in [7, 11) is 5.42. The Labute approximate surface area is 366 Å². The molecular weight excluding hydrogens is 816 g/mol. The second kappa shape index (κ2) is 17.6. The zero-order valence-electron chi connectivity index (χ0n) is 35.2. The van der Waals surface area contributed by atoms with E-state index in [0.717, 1.165) is 119 Å². The van der Waals surface area contributed by atoms with Crippen LogP contribution in [0.2, 0.25) is 10.0 Å². The number of nitrogens with zero attached hydrogens (tertiary/aromatic N) is 6. The van der Waals surface area contributed by atoms with Gasteiger partial charge in [0, 0.05) is 83.2 Å². The number of carbonyl (C=O) groups excluding carboxylic acids is 2. The van der Waals surface area contributed by atoms with Crippen LogP contribution in [0.4, 0.5) is 10.1 Å². The van der Waals surface area contributed by atoms with Crippen LogP contribution in [0.25, 0.3) is 23.0 Å². The van der Waals surface area contributed by atoms with Gasteiger partial charge in [-0.2, -0.15) is 0 Å². The Kier molecular flexibility index (Phi) is 12.4. The van der Waals surface area contributed by atoms with E-state index in [9.17, 15) is 19.5 Å². The average molecular weight is 871 g/mol. The van der Waals surface area contributed by atoms with Gasteiger partial charge in [-0.15, -0.1) is 0 Å². The highest BCUT2D eigenvalue weighted by molar-refractivity contribution is 6.39. The lowest BCUT2D eigenvalue weighted by molar-refractivity contribution is -0.148. The maximum atomic E-state index is 15.9. The van der Waals surface area contributed by atoms with E-state index < -0.39 is 17.2 Å². The predicted octanol–water partition coefficient (Wildman–Crippen LogP) is 8.91. The standard InChI is InChI=1S/C47H54Cl2FN7O4/c1-54(2)40(58)12-4-5-20-56-21-13-30-25-37(51-26-32(30)27-56)35(50)24-31-8-6-9-33(41(31)48)34-10-7-11-36(42(34)49)53-44(59)43-52-38-28-57(22-14-39(38)55(43)3)23-19-46-15-17-47(29-46,18-16-46)45(60)61/h6-11,24-26H,4-5,12-23,27-29H2,1-3H3,(H,53,59)(H,60,61)/b35-24-. The van der Waals surface area contributed by atoms with Gasteiger partial charge < -0.3 is 19.9 Å². The van der Waals surface area contributed by atoms with Crippen molar-refractivity contribution >= 4 is 58.6 Å². The van der Waals surface area contributed by atoms with Gasteiger partial charge in [0.05, 0.1) is 32.5 Å². The number of aromatic nitrogens is 3. The summed E-state index contributed by atoms with van der Waals surface area (Å²) in [5, 5.41) is 13.4. The predicted molar refractivity (Wildman–Crippen MR) is 237 cm³/mol. The molecule has 4 aromatic rings. The smallest absolute Gasteiger partial charge is 0.309 e. The third kappa shape index (κ3) is 8.87. The van der Waals surface area contributed by atoms with Crippen LogP contribution in [-0.4, -0.2) is 92.4 Å². The number of rotatable bonds is 14. The van der Waals surface area contributed by atoms with Gasteiger partial charge in [-0.05, 0) is 111 Å². The van der Waals surface area contributed by atoms with Crippen LogP contribution in [0.3, 0.4) is 0 Å². The molecule has 2 aromatic carbocycles. The van der Waals surface area contributed by atoms with Gasteiger partial charge in [-0.1, -0.05) is 53.5 Å². The van der Waals surface area contributed by atoms with Crippen LogP contribution in [0.15, 0.2) is 48.7 Å². The Bertz CT molecular complexity index is 2390. The molecule has 0 saturated heterocycles. The first kappa shape index (κ1) is 43.0. The summed E-state index contributed by atoms with van der Waals surface area (Å²) >= 11 is 13.9. The zero-order chi connectivity index (χ0) is 43.1. The molecule has 2 saturated carbocycles. The van der Waals surface area contributed by atoms with Gasteiger partial charge in [0.2, 0.25) is 5.91 Å². The second-order valence-electron chi connectivity index (χ2n) is 17.9. The SMILES string of the molecule is CN(C)C(=O)CCCCN1CCc2cc(/C(F)=C/c3cccc(-c4cccc(NC(=O)c5nc6c(n5C)CCN(CCC57CCC(C(=O)O)(CC5)C7)C6)c4Cl)c3Cl)ncc2C1. The van der Waals surface area contributed by atoms with Crippen molar-refractivity contribution in [3.8, 4) is 11.1 Å². The summed E-state index contributed by atoms with van der Waals surface area (Å²) in [6, 6.07) is 12.5. The van der Waals surface area contributed by atoms with Crippen LogP contribution in [0.5, 0.6) is 0 Å². The minimum Gasteiger partial charge on any atom is -0.481 e. The quantitative estimate of drug-likeness (QED) is 0.121. The van der Waals surface area contributed by atoms with Crippen molar-refractivity contribution < 1.29 is 23.9 Å². The number of aliphatic carboxylic acids is 1. The number of hydrogen-bond acceptors (Lipinski definition) is 7. The van der Waals surface area contributed by atoms with Gasteiger partial charge in [0.1, 0.15) is 5.83 Å². The highest BCUT2D eigenvalue weighted by Gasteiger charge is 2.57. The first-order chi connectivity index (χ1) is 29.2. The van der Waals surface area contributed by atoms with Crippen molar-refractivity contribution in [3.63, 3.8) is 0 Å². The first-order valence-corrected chi connectivity index (χ1v) is 22.2. The lowest BCUT2D eigenvalue weighted by Crippen LogP contribution is -2.34. The fourth-order valence-electron chi connectivity index (χ4n) is 10.1. The highest BCUT2D eigenvalue weighted by Crippen LogP contribution is 2.63. The Hall–Kier alpha value is -4.62. The molecule has 2 aliphatic heterocycles.